The smallest absolute Gasteiger partial charge is 0.159 e. The molecule has 0 amide bonds. The van der Waals surface area contributed by atoms with Gasteiger partial charge in [-0.3, -0.25) is 0 Å². The number of hydrogen-bond donors (Lipinski definition) is 0. The quantitative estimate of drug-likeness (QED) is 0.225. The summed E-state index contributed by atoms with van der Waals surface area (Å²) in [5, 5.41) is 6.81. The largest absolute Gasteiger partial charge is 0.455 e. The topological polar surface area (TPSA) is 43.9 Å². The zero-order chi connectivity index (χ0) is 27.6. The summed E-state index contributed by atoms with van der Waals surface area (Å²) in [5.41, 5.74) is 7.88. The minimum atomic E-state index is 0.701. The molecule has 0 unspecified atom stereocenters. The van der Waals surface area contributed by atoms with E-state index in [1.54, 1.807) is 0 Å². The van der Waals surface area contributed by atoms with E-state index in [0.29, 0.717) is 5.82 Å². The number of nitrogens with zero attached hydrogens (tertiary/aromatic N) is 3. The van der Waals surface area contributed by atoms with E-state index in [-0.39, 0.29) is 0 Å². The molecule has 9 aromatic rings. The van der Waals surface area contributed by atoms with E-state index in [9.17, 15) is 0 Å². The lowest BCUT2D eigenvalue weighted by molar-refractivity contribution is 0.673. The fourth-order valence-corrected chi connectivity index (χ4v) is 6.44. The molecule has 0 N–H and O–H groups in total. The van der Waals surface area contributed by atoms with Crippen molar-refractivity contribution in [1.29, 1.82) is 0 Å². The molecule has 0 saturated carbocycles. The first-order valence-corrected chi connectivity index (χ1v) is 14.1. The van der Waals surface area contributed by atoms with Crippen molar-refractivity contribution in [2.45, 2.75) is 0 Å². The molecule has 0 radical (unpaired) electrons. The third kappa shape index (κ3) is 3.23. The summed E-state index contributed by atoms with van der Waals surface area (Å²) in [6.45, 7) is 0. The van der Waals surface area contributed by atoms with Gasteiger partial charge in [0.15, 0.2) is 5.82 Å². The van der Waals surface area contributed by atoms with E-state index in [2.05, 4.69) is 108 Å². The van der Waals surface area contributed by atoms with Crippen molar-refractivity contribution in [2.24, 2.45) is 0 Å². The van der Waals surface area contributed by atoms with Crippen LogP contribution < -0.4 is 0 Å². The summed E-state index contributed by atoms with van der Waals surface area (Å²) < 4.78 is 8.91. The molecule has 9 rings (SSSR count). The zero-order valence-electron chi connectivity index (χ0n) is 22.5. The summed E-state index contributed by atoms with van der Waals surface area (Å²) in [4.78, 5) is 10.2. The molecule has 4 heteroatoms. The van der Waals surface area contributed by atoms with Crippen molar-refractivity contribution >= 4 is 54.5 Å². The highest BCUT2D eigenvalue weighted by Gasteiger charge is 2.24. The molecule has 0 bridgehead atoms. The van der Waals surface area contributed by atoms with Crippen LogP contribution in [0.5, 0.6) is 0 Å². The lowest BCUT2D eigenvalue weighted by atomic mass is 9.99. The molecule has 3 heterocycles. The molecule has 196 valence electrons. The van der Waals surface area contributed by atoms with Crippen LogP contribution in [0, 0.1) is 0 Å². The molecular weight excluding hydrogens is 514 g/mol. The maximum absolute atomic E-state index is 6.56. The van der Waals surface area contributed by atoms with E-state index >= 15 is 0 Å². The van der Waals surface area contributed by atoms with Crippen molar-refractivity contribution in [3.05, 3.63) is 140 Å². The zero-order valence-corrected chi connectivity index (χ0v) is 22.5. The first-order valence-electron chi connectivity index (χ1n) is 14.1. The number of rotatable bonds is 3. The number of hydrogen-bond acceptors (Lipinski definition) is 3. The van der Waals surface area contributed by atoms with Crippen LogP contribution in [0.2, 0.25) is 0 Å². The standard InChI is InChI=1S/C38H23N3O/c1-3-13-24(14-4-1)35-31(23-39-38(40-35)25-15-5-2-6-16-25)41-30-21-11-9-19-28(30)33-34-29-20-10-12-22-32(29)42-37(34)27-18-8-7-17-26(27)36(33)41/h1-23H. The van der Waals surface area contributed by atoms with Gasteiger partial charge in [-0.2, -0.15) is 0 Å². The van der Waals surface area contributed by atoms with Gasteiger partial charge >= 0.3 is 0 Å². The molecule has 0 aliphatic rings. The summed E-state index contributed by atoms with van der Waals surface area (Å²) in [7, 11) is 0. The molecule has 0 spiro atoms. The van der Waals surface area contributed by atoms with Gasteiger partial charge < -0.3 is 8.98 Å². The molecule has 4 nitrogen and oxygen atoms in total. The van der Waals surface area contributed by atoms with Gasteiger partial charge in [-0.25, -0.2) is 9.97 Å². The predicted molar refractivity (Wildman–Crippen MR) is 172 cm³/mol. The number of para-hydroxylation sites is 2. The van der Waals surface area contributed by atoms with Gasteiger partial charge in [0.1, 0.15) is 11.2 Å². The van der Waals surface area contributed by atoms with Gasteiger partial charge in [-0.1, -0.05) is 121 Å². The average molecular weight is 538 g/mol. The van der Waals surface area contributed by atoms with Crippen molar-refractivity contribution < 1.29 is 4.42 Å². The fourth-order valence-electron chi connectivity index (χ4n) is 6.44. The highest BCUT2D eigenvalue weighted by Crippen LogP contribution is 2.46. The predicted octanol–water partition coefficient (Wildman–Crippen LogP) is 9.96. The van der Waals surface area contributed by atoms with Gasteiger partial charge in [0.2, 0.25) is 0 Å². The highest BCUT2D eigenvalue weighted by molar-refractivity contribution is 6.36. The lowest BCUT2D eigenvalue weighted by Gasteiger charge is -2.15. The Balaban J connectivity index is 1.50. The van der Waals surface area contributed by atoms with Crippen LogP contribution in [-0.2, 0) is 0 Å². The Morgan fingerprint density at radius 2 is 1.14 bits per heavy atom. The second kappa shape index (κ2) is 8.88. The van der Waals surface area contributed by atoms with E-state index in [0.717, 1.165) is 66.3 Å². The Bertz CT molecular complexity index is 2460. The van der Waals surface area contributed by atoms with Crippen molar-refractivity contribution in [2.75, 3.05) is 0 Å². The normalized spacial score (nSPS) is 11.8. The summed E-state index contributed by atoms with van der Waals surface area (Å²) >= 11 is 0. The minimum Gasteiger partial charge on any atom is -0.455 e. The van der Waals surface area contributed by atoms with E-state index in [1.165, 1.54) is 10.8 Å². The van der Waals surface area contributed by atoms with Gasteiger partial charge in [0.05, 0.1) is 28.6 Å². The molecule has 6 aromatic carbocycles. The van der Waals surface area contributed by atoms with Gasteiger partial charge in [-0.15, -0.1) is 0 Å². The van der Waals surface area contributed by atoms with Crippen LogP contribution >= 0.6 is 0 Å². The van der Waals surface area contributed by atoms with Gasteiger partial charge in [-0.05, 0) is 12.1 Å². The Kier molecular flexibility index (Phi) is 4.87. The summed E-state index contributed by atoms with van der Waals surface area (Å²) in [6, 6.07) is 46.1. The Morgan fingerprint density at radius 1 is 0.524 bits per heavy atom. The molecule has 0 fully saturated rings. The van der Waals surface area contributed by atoms with Crippen LogP contribution in [0.15, 0.2) is 144 Å². The van der Waals surface area contributed by atoms with Crippen molar-refractivity contribution in [3.63, 3.8) is 0 Å². The third-order valence-electron chi connectivity index (χ3n) is 8.24. The van der Waals surface area contributed by atoms with Crippen LogP contribution in [0.1, 0.15) is 0 Å². The second-order valence-corrected chi connectivity index (χ2v) is 10.6. The maximum Gasteiger partial charge on any atom is 0.159 e. The Morgan fingerprint density at radius 3 is 1.93 bits per heavy atom. The van der Waals surface area contributed by atoms with Crippen molar-refractivity contribution in [3.8, 4) is 28.3 Å². The van der Waals surface area contributed by atoms with E-state index in [1.807, 2.05) is 36.5 Å². The molecular formula is C38H23N3O. The van der Waals surface area contributed by atoms with E-state index < -0.39 is 0 Å². The first kappa shape index (κ1) is 23.0. The molecule has 0 aliphatic heterocycles. The third-order valence-corrected chi connectivity index (χ3v) is 8.24. The van der Waals surface area contributed by atoms with Gasteiger partial charge in [0.25, 0.3) is 0 Å². The summed E-state index contributed by atoms with van der Waals surface area (Å²) in [6.07, 6.45) is 1.98. The number of fused-ring (bicyclic) bond motifs is 10. The Hall–Kier alpha value is -5.74. The van der Waals surface area contributed by atoms with Gasteiger partial charge in [0, 0.05) is 43.4 Å². The number of furan rings is 1. The molecule has 3 aromatic heterocycles. The van der Waals surface area contributed by atoms with Crippen molar-refractivity contribution in [1.82, 2.24) is 14.5 Å². The maximum atomic E-state index is 6.56. The second-order valence-electron chi connectivity index (χ2n) is 10.6. The van der Waals surface area contributed by atoms with Crippen LogP contribution in [0.4, 0.5) is 0 Å². The molecule has 42 heavy (non-hydrogen) atoms. The van der Waals surface area contributed by atoms with Crippen LogP contribution in [0.25, 0.3) is 82.8 Å². The number of benzene rings is 6. The van der Waals surface area contributed by atoms with Crippen LogP contribution in [0.3, 0.4) is 0 Å². The fraction of sp³-hybridized carbons (Fsp3) is 0. The summed E-state index contributed by atoms with van der Waals surface area (Å²) in [5.74, 6) is 0.701. The molecule has 0 atom stereocenters. The monoisotopic (exact) mass is 537 g/mol. The highest BCUT2D eigenvalue weighted by atomic mass is 16.3. The first-order chi connectivity index (χ1) is 20.9. The number of aromatic nitrogens is 3. The lowest BCUT2D eigenvalue weighted by Crippen LogP contribution is -2.03. The average Bonchev–Trinajstić information content (AvgIpc) is 3.62. The molecule has 0 aliphatic carbocycles. The van der Waals surface area contributed by atoms with E-state index in [4.69, 9.17) is 14.4 Å². The minimum absolute atomic E-state index is 0.701. The molecule has 0 saturated heterocycles. The Labute approximate surface area is 241 Å². The SMILES string of the molecule is c1ccc(-c2ncc(-n3c4ccccc4c4c5c6ccccc6oc5c5ccccc5c43)c(-c3ccccc3)n2)cc1. The van der Waals surface area contributed by atoms with Crippen LogP contribution in [-0.4, -0.2) is 14.5 Å².